The molecule has 1 aliphatic carbocycles. The molecule has 2 fully saturated rings. The molecule has 2 heterocycles. The molecule has 55 heavy (non-hydrogen) atoms. The van der Waals surface area contributed by atoms with Crippen LogP contribution < -0.4 is 24.8 Å². The van der Waals surface area contributed by atoms with E-state index in [1.807, 2.05) is 36.4 Å². The normalized spacial score (nSPS) is 20.9. The summed E-state index contributed by atoms with van der Waals surface area (Å²) in [5.74, 6) is -2.61. The smallest absolute Gasteiger partial charge is 0.264 e. The van der Waals surface area contributed by atoms with Gasteiger partial charge in [0.2, 0.25) is 17.7 Å². The van der Waals surface area contributed by atoms with Gasteiger partial charge in [-0.05, 0) is 42.7 Å². The lowest BCUT2D eigenvalue weighted by atomic mass is 10.0. The number of nitrogens with one attached hydrogen (secondary N) is 3. The first kappa shape index (κ1) is 38.7. The van der Waals surface area contributed by atoms with Crippen LogP contribution in [0.2, 0.25) is 0 Å². The maximum atomic E-state index is 14.4. The lowest BCUT2D eigenvalue weighted by molar-refractivity contribution is -0.142. The number of carbonyl (C=O) groups is 4. The van der Waals surface area contributed by atoms with Crippen molar-refractivity contribution in [3.05, 3.63) is 110 Å². The Morgan fingerprint density at radius 2 is 1.67 bits per heavy atom. The van der Waals surface area contributed by atoms with Gasteiger partial charge in [-0.3, -0.25) is 19.2 Å². The summed E-state index contributed by atoms with van der Waals surface area (Å²) < 4.78 is 40.4. The van der Waals surface area contributed by atoms with E-state index in [0.717, 1.165) is 11.6 Å². The van der Waals surface area contributed by atoms with Gasteiger partial charge in [-0.15, -0.1) is 6.58 Å². The Balaban J connectivity index is 1.33. The highest BCUT2D eigenvalue weighted by Gasteiger charge is 2.61. The number of hydrogen-bond donors (Lipinski definition) is 3. The number of ether oxygens (including phenoxy) is 2. The Hall–Kier alpha value is -6.02. The van der Waals surface area contributed by atoms with Crippen LogP contribution in [-0.2, 0) is 29.2 Å². The van der Waals surface area contributed by atoms with Crippen molar-refractivity contribution in [3.8, 4) is 22.8 Å². The topological polar surface area (TPSA) is 173 Å². The molecule has 6 rings (SSSR count). The summed E-state index contributed by atoms with van der Waals surface area (Å²) in [6.45, 7) is 10.8. The number of carbonyl (C=O) groups excluding carboxylic acids is 4. The zero-order valence-electron chi connectivity index (χ0n) is 30.7. The highest BCUT2D eigenvalue weighted by molar-refractivity contribution is 7.90. The number of nitrogens with zero attached hydrogens (tertiary/aromatic N) is 2. The van der Waals surface area contributed by atoms with Gasteiger partial charge in [-0.2, -0.15) is 0 Å². The highest BCUT2D eigenvalue weighted by Crippen LogP contribution is 2.45. The van der Waals surface area contributed by atoms with Crippen LogP contribution in [0.3, 0.4) is 0 Å². The molecule has 286 valence electrons. The maximum absolute atomic E-state index is 14.4. The van der Waals surface area contributed by atoms with Gasteiger partial charge >= 0.3 is 0 Å². The molecule has 3 N–H and O–H groups in total. The standard InChI is InChI=1S/C41H43N5O8S/c1-6-27-23-41(27,40(50)45-55(51,52)30-16-12-9-13-17-30)44-38(48)34-21-29(24-46(34)39(49)37(25(3)4)43-36(47)7-2)54-35-22-32(26-14-10-8-11-15-26)42-33-20-28(53-5)18-19-31(33)35/h6-20,22,25,27,29,34,37H,1-2,21,23-24H2,3-5H3,(H,43,47)(H,44,48)(H,45,50)/t27-,29?,34+,37+,41-/m1/s1. The van der Waals surface area contributed by atoms with Crippen molar-refractivity contribution < 1.29 is 37.1 Å². The number of sulfonamides is 1. The average molecular weight is 766 g/mol. The number of likely N-dealkylation sites (tertiary alicyclic amines) is 1. The van der Waals surface area contributed by atoms with Crippen LogP contribution in [0.1, 0.15) is 26.7 Å². The number of rotatable bonds is 14. The molecule has 1 saturated carbocycles. The summed E-state index contributed by atoms with van der Waals surface area (Å²) in [5, 5.41) is 6.13. The SMILES string of the molecule is C=CC(=O)N[C@H](C(=O)N1CC(Oc2cc(-c3ccccc3)nc3cc(OC)ccc23)C[C@H]1C(=O)N[C@]1(C(=O)NS(=O)(=O)c2ccccc2)C[C@H]1C=C)C(C)C. The Morgan fingerprint density at radius 3 is 2.29 bits per heavy atom. The molecule has 0 radical (unpaired) electrons. The van der Waals surface area contributed by atoms with Gasteiger partial charge in [0.25, 0.3) is 15.9 Å². The predicted octanol–water partition coefficient (Wildman–Crippen LogP) is 4.15. The second-order valence-electron chi connectivity index (χ2n) is 13.9. The van der Waals surface area contributed by atoms with Crippen LogP contribution in [0.15, 0.2) is 115 Å². The van der Waals surface area contributed by atoms with Crippen molar-refractivity contribution in [2.45, 2.75) is 55.3 Å². The lowest BCUT2D eigenvalue weighted by Gasteiger charge is -2.31. The Kier molecular flexibility index (Phi) is 11.1. The van der Waals surface area contributed by atoms with Crippen molar-refractivity contribution in [2.24, 2.45) is 11.8 Å². The number of aromatic nitrogens is 1. The molecular formula is C41H43N5O8S. The van der Waals surface area contributed by atoms with E-state index in [-0.39, 0.29) is 30.2 Å². The molecule has 3 aromatic carbocycles. The van der Waals surface area contributed by atoms with Crippen molar-refractivity contribution in [3.63, 3.8) is 0 Å². The molecule has 14 heteroatoms. The van der Waals surface area contributed by atoms with Crippen molar-refractivity contribution in [2.75, 3.05) is 13.7 Å². The van der Waals surface area contributed by atoms with Crippen LogP contribution >= 0.6 is 0 Å². The fraction of sp³-hybridized carbons (Fsp3) is 0.293. The molecule has 2 aliphatic rings. The van der Waals surface area contributed by atoms with E-state index in [1.54, 1.807) is 45.2 Å². The number of benzene rings is 3. The Bertz CT molecular complexity index is 2250. The molecule has 1 saturated heterocycles. The average Bonchev–Trinajstić information content (AvgIpc) is 3.75. The molecule has 4 amide bonds. The molecule has 4 aromatic rings. The molecule has 1 aromatic heterocycles. The number of pyridine rings is 1. The summed E-state index contributed by atoms with van der Waals surface area (Å²) in [4.78, 5) is 60.8. The molecule has 0 spiro atoms. The minimum absolute atomic E-state index is 0.0111. The number of amides is 4. The fourth-order valence-corrected chi connectivity index (χ4v) is 7.88. The van der Waals surface area contributed by atoms with Crippen molar-refractivity contribution in [1.29, 1.82) is 0 Å². The first-order chi connectivity index (χ1) is 26.3. The van der Waals surface area contributed by atoms with Gasteiger partial charge < -0.3 is 25.0 Å². The fourth-order valence-electron chi connectivity index (χ4n) is 6.83. The monoisotopic (exact) mass is 765 g/mol. The van der Waals surface area contributed by atoms with E-state index in [4.69, 9.17) is 14.5 Å². The second kappa shape index (κ2) is 15.8. The third-order valence-corrected chi connectivity index (χ3v) is 11.3. The van der Waals surface area contributed by atoms with Crippen LogP contribution in [0.25, 0.3) is 22.2 Å². The summed E-state index contributed by atoms with van der Waals surface area (Å²) in [6.07, 6.45) is 1.92. The summed E-state index contributed by atoms with van der Waals surface area (Å²) in [6, 6.07) is 21.9. The summed E-state index contributed by atoms with van der Waals surface area (Å²) >= 11 is 0. The molecule has 5 atom stereocenters. The molecule has 1 aliphatic heterocycles. The van der Waals surface area contributed by atoms with Crippen molar-refractivity contribution in [1.82, 2.24) is 25.2 Å². The zero-order valence-corrected chi connectivity index (χ0v) is 31.5. The first-order valence-electron chi connectivity index (χ1n) is 17.8. The molecular weight excluding hydrogens is 723 g/mol. The van der Waals surface area contributed by atoms with Crippen LogP contribution in [0, 0.1) is 11.8 Å². The van der Waals surface area contributed by atoms with E-state index >= 15 is 0 Å². The van der Waals surface area contributed by atoms with Gasteiger partial charge in [0, 0.05) is 35.4 Å². The minimum atomic E-state index is -4.27. The third-order valence-electron chi connectivity index (χ3n) is 9.94. The van der Waals surface area contributed by atoms with E-state index in [1.165, 1.54) is 35.2 Å². The molecule has 0 bridgehead atoms. The Labute approximate surface area is 319 Å². The predicted molar refractivity (Wildman–Crippen MR) is 206 cm³/mol. The van der Waals surface area contributed by atoms with Gasteiger partial charge in [0.05, 0.1) is 29.8 Å². The van der Waals surface area contributed by atoms with Gasteiger partial charge in [-0.1, -0.05) is 75.0 Å². The largest absolute Gasteiger partial charge is 0.497 e. The van der Waals surface area contributed by atoms with E-state index in [9.17, 15) is 27.6 Å². The van der Waals surface area contributed by atoms with E-state index < -0.39 is 63.3 Å². The van der Waals surface area contributed by atoms with Crippen LogP contribution in [0.5, 0.6) is 11.5 Å². The summed E-state index contributed by atoms with van der Waals surface area (Å²) in [5.41, 5.74) is 0.444. The number of fused-ring (bicyclic) bond motifs is 1. The van der Waals surface area contributed by atoms with Gasteiger partial charge in [0.15, 0.2) is 0 Å². The lowest BCUT2D eigenvalue weighted by Crippen LogP contribution is -2.58. The van der Waals surface area contributed by atoms with Gasteiger partial charge in [-0.25, -0.2) is 18.1 Å². The van der Waals surface area contributed by atoms with E-state index in [2.05, 4.69) is 28.5 Å². The Morgan fingerprint density at radius 1 is 0.982 bits per heavy atom. The van der Waals surface area contributed by atoms with Gasteiger partial charge in [0.1, 0.15) is 35.2 Å². The third kappa shape index (κ3) is 8.09. The van der Waals surface area contributed by atoms with Crippen LogP contribution in [0.4, 0.5) is 0 Å². The maximum Gasteiger partial charge on any atom is 0.264 e. The van der Waals surface area contributed by atoms with Crippen LogP contribution in [-0.4, -0.2) is 79.3 Å². The second-order valence-corrected chi connectivity index (χ2v) is 15.6. The molecule has 13 nitrogen and oxygen atoms in total. The molecule has 1 unspecified atom stereocenters. The minimum Gasteiger partial charge on any atom is -0.497 e. The van der Waals surface area contributed by atoms with E-state index in [0.29, 0.717) is 28.1 Å². The summed E-state index contributed by atoms with van der Waals surface area (Å²) in [7, 11) is -2.71. The quantitative estimate of drug-likeness (QED) is 0.126. The first-order valence-corrected chi connectivity index (χ1v) is 19.3. The number of methoxy groups -OCH3 is 1. The highest BCUT2D eigenvalue weighted by atomic mass is 32.2. The zero-order chi connectivity index (χ0) is 39.5. The van der Waals surface area contributed by atoms with Crippen molar-refractivity contribution >= 4 is 44.6 Å². The number of hydrogen-bond acceptors (Lipinski definition) is 9.